The van der Waals surface area contributed by atoms with E-state index in [-0.39, 0.29) is 32.7 Å². The average Bonchev–Trinajstić information content (AvgIpc) is 2.71. The quantitative estimate of drug-likeness (QED) is 0.527. The van der Waals surface area contributed by atoms with Crippen LogP contribution in [0.25, 0.3) is 11.1 Å². The highest BCUT2D eigenvalue weighted by Crippen LogP contribution is 2.48. The van der Waals surface area contributed by atoms with Crippen molar-refractivity contribution in [2.75, 3.05) is 7.11 Å². The molecule has 0 aliphatic carbocycles. The van der Waals surface area contributed by atoms with E-state index in [1.165, 1.54) is 7.11 Å². The second-order valence-corrected chi connectivity index (χ2v) is 6.18. The Morgan fingerprint density at radius 1 is 0.778 bits per heavy atom. The summed E-state index contributed by atoms with van der Waals surface area (Å²) >= 11 is 12.6. The van der Waals surface area contributed by atoms with Gasteiger partial charge in [-0.3, -0.25) is 0 Å². The van der Waals surface area contributed by atoms with E-state index < -0.39 is 0 Å². The van der Waals surface area contributed by atoms with Crippen LogP contribution in [-0.4, -0.2) is 7.11 Å². The van der Waals surface area contributed by atoms with Crippen molar-refractivity contribution in [3.8, 4) is 40.5 Å². The van der Waals surface area contributed by atoms with Crippen LogP contribution in [0.5, 0.6) is 17.2 Å². The Morgan fingerprint density at radius 2 is 1.33 bits per heavy atom. The summed E-state index contributed by atoms with van der Waals surface area (Å²) in [5.74, 6) is 0.691. The predicted octanol–water partition coefficient (Wildman–Crippen LogP) is 6.20. The first-order valence-electron chi connectivity index (χ1n) is 7.83. The molecule has 3 rings (SSSR count). The summed E-state index contributed by atoms with van der Waals surface area (Å²) in [6.07, 6.45) is 0. The van der Waals surface area contributed by atoms with Crippen molar-refractivity contribution >= 4 is 23.2 Å². The lowest BCUT2D eigenvalue weighted by molar-refractivity contribution is 0.379. The summed E-state index contributed by atoms with van der Waals surface area (Å²) in [7, 11) is 1.39. The number of methoxy groups -OCH3 is 1. The molecule has 0 atom stereocenters. The Hall–Kier alpha value is -3.18. The Balaban J connectivity index is 2.20. The monoisotopic (exact) mass is 394 g/mol. The van der Waals surface area contributed by atoms with Crippen LogP contribution in [0.3, 0.4) is 0 Å². The zero-order valence-corrected chi connectivity index (χ0v) is 15.7. The third-order valence-corrected chi connectivity index (χ3v) is 4.63. The van der Waals surface area contributed by atoms with Crippen molar-refractivity contribution in [3.05, 3.63) is 75.8 Å². The molecule has 0 spiro atoms. The number of nitrogens with zero attached hydrogens (tertiary/aromatic N) is 2. The highest BCUT2D eigenvalue weighted by atomic mass is 35.5. The first kappa shape index (κ1) is 18.6. The van der Waals surface area contributed by atoms with Crippen LogP contribution in [0.4, 0.5) is 0 Å². The number of ether oxygens (including phenoxy) is 2. The summed E-state index contributed by atoms with van der Waals surface area (Å²) in [5, 5.41) is 18.7. The van der Waals surface area contributed by atoms with Crippen molar-refractivity contribution < 1.29 is 9.47 Å². The largest absolute Gasteiger partial charge is 0.491 e. The van der Waals surface area contributed by atoms with Gasteiger partial charge in [-0.25, -0.2) is 0 Å². The second-order valence-electron chi connectivity index (χ2n) is 5.43. The number of hydrogen-bond donors (Lipinski definition) is 0. The third kappa shape index (κ3) is 3.41. The maximum Gasteiger partial charge on any atom is 0.190 e. The molecule has 0 amide bonds. The first-order chi connectivity index (χ1) is 13.1. The van der Waals surface area contributed by atoms with E-state index in [2.05, 4.69) is 0 Å². The van der Waals surface area contributed by atoms with Crippen LogP contribution in [0.1, 0.15) is 11.1 Å². The fourth-order valence-electron chi connectivity index (χ4n) is 2.65. The van der Waals surface area contributed by atoms with Gasteiger partial charge in [0.15, 0.2) is 11.5 Å². The van der Waals surface area contributed by atoms with Gasteiger partial charge in [0.2, 0.25) is 0 Å². The van der Waals surface area contributed by atoms with Gasteiger partial charge in [-0.15, -0.1) is 0 Å². The SMILES string of the molecule is COc1c(Cl)c(C#N)c(C#N)c(Cl)c1Oc1ccccc1-c1ccccc1. The van der Waals surface area contributed by atoms with Crippen molar-refractivity contribution in [2.24, 2.45) is 0 Å². The summed E-state index contributed by atoms with van der Waals surface area (Å²) in [5.41, 5.74) is 1.67. The fraction of sp³-hybridized carbons (Fsp3) is 0.0476. The molecule has 0 fully saturated rings. The topological polar surface area (TPSA) is 66.0 Å². The zero-order valence-electron chi connectivity index (χ0n) is 14.2. The van der Waals surface area contributed by atoms with Gasteiger partial charge < -0.3 is 9.47 Å². The predicted molar refractivity (Wildman–Crippen MR) is 104 cm³/mol. The van der Waals surface area contributed by atoms with Crippen LogP contribution < -0.4 is 9.47 Å². The molecule has 3 aromatic rings. The van der Waals surface area contributed by atoms with Crippen molar-refractivity contribution in [1.82, 2.24) is 0 Å². The molecule has 0 aromatic heterocycles. The molecule has 0 bridgehead atoms. The fourth-order valence-corrected chi connectivity index (χ4v) is 3.21. The molecule has 3 aromatic carbocycles. The summed E-state index contributed by atoms with van der Waals surface area (Å²) < 4.78 is 11.4. The standard InChI is InChI=1S/C21H12Cl2N2O2/c1-26-20-18(22)15(11-24)16(12-25)19(23)21(20)27-17-10-6-5-9-14(17)13-7-3-2-4-8-13/h2-10H,1H3. The maximum atomic E-state index is 9.40. The summed E-state index contributed by atoms with van der Waals surface area (Å²) in [4.78, 5) is 0. The lowest BCUT2D eigenvalue weighted by Crippen LogP contribution is -1.99. The van der Waals surface area contributed by atoms with Crippen LogP contribution in [0.2, 0.25) is 10.0 Å². The number of benzene rings is 3. The van der Waals surface area contributed by atoms with Crippen LogP contribution in [-0.2, 0) is 0 Å². The number of hydrogen-bond acceptors (Lipinski definition) is 4. The van der Waals surface area contributed by atoms with E-state index in [1.54, 1.807) is 6.07 Å². The molecule has 0 saturated carbocycles. The third-order valence-electron chi connectivity index (χ3n) is 3.91. The highest BCUT2D eigenvalue weighted by Gasteiger charge is 2.25. The lowest BCUT2D eigenvalue weighted by atomic mass is 10.0. The van der Waals surface area contributed by atoms with Crippen molar-refractivity contribution in [3.63, 3.8) is 0 Å². The van der Waals surface area contributed by atoms with Gasteiger partial charge in [0.05, 0.1) is 18.2 Å². The van der Waals surface area contributed by atoms with E-state index in [0.29, 0.717) is 5.75 Å². The number of nitriles is 2. The van der Waals surface area contributed by atoms with Gasteiger partial charge in [0.1, 0.15) is 27.9 Å². The van der Waals surface area contributed by atoms with Gasteiger partial charge >= 0.3 is 0 Å². The Bertz CT molecular complexity index is 1080. The minimum atomic E-state index is -0.0582. The van der Waals surface area contributed by atoms with Gasteiger partial charge in [0.25, 0.3) is 0 Å². The number of halogens is 2. The van der Waals surface area contributed by atoms with E-state index in [1.807, 2.05) is 60.7 Å². The highest BCUT2D eigenvalue weighted by molar-refractivity contribution is 6.37. The minimum absolute atomic E-state index is 0.0202. The summed E-state index contributed by atoms with van der Waals surface area (Å²) in [6.45, 7) is 0. The lowest BCUT2D eigenvalue weighted by Gasteiger charge is -2.17. The molecule has 0 aliphatic rings. The Morgan fingerprint density at radius 3 is 1.93 bits per heavy atom. The average molecular weight is 395 g/mol. The van der Waals surface area contributed by atoms with Gasteiger partial charge in [-0.2, -0.15) is 10.5 Å². The molecule has 0 unspecified atom stereocenters. The molecule has 132 valence electrons. The molecule has 0 aliphatic heterocycles. The van der Waals surface area contributed by atoms with Crippen LogP contribution >= 0.6 is 23.2 Å². The molecular formula is C21H12Cl2N2O2. The molecule has 6 heteroatoms. The Labute approximate surface area is 166 Å². The van der Waals surface area contributed by atoms with E-state index >= 15 is 0 Å². The van der Waals surface area contributed by atoms with Gasteiger partial charge in [0, 0.05) is 5.56 Å². The number of rotatable bonds is 4. The normalized spacial score (nSPS) is 9.96. The van der Waals surface area contributed by atoms with E-state index in [0.717, 1.165) is 11.1 Å². The molecule has 0 radical (unpaired) electrons. The Kier molecular flexibility index (Phi) is 5.52. The van der Waals surface area contributed by atoms with E-state index in [9.17, 15) is 10.5 Å². The second kappa shape index (κ2) is 8.01. The zero-order chi connectivity index (χ0) is 19.4. The molecule has 0 N–H and O–H groups in total. The molecule has 27 heavy (non-hydrogen) atoms. The van der Waals surface area contributed by atoms with Crippen molar-refractivity contribution in [1.29, 1.82) is 10.5 Å². The molecule has 0 saturated heterocycles. The smallest absolute Gasteiger partial charge is 0.190 e. The summed E-state index contributed by atoms with van der Waals surface area (Å²) in [6, 6.07) is 20.8. The number of para-hydroxylation sites is 1. The maximum absolute atomic E-state index is 9.40. The molecular weight excluding hydrogens is 383 g/mol. The van der Waals surface area contributed by atoms with Crippen molar-refractivity contribution in [2.45, 2.75) is 0 Å². The van der Waals surface area contributed by atoms with Gasteiger partial charge in [-0.05, 0) is 11.6 Å². The van der Waals surface area contributed by atoms with E-state index in [4.69, 9.17) is 32.7 Å². The molecule has 0 heterocycles. The van der Waals surface area contributed by atoms with Gasteiger partial charge in [-0.1, -0.05) is 71.7 Å². The van der Waals surface area contributed by atoms with Crippen LogP contribution in [0, 0.1) is 22.7 Å². The van der Waals surface area contributed by atoms with Crippen LogP contribution in [0.15, 0.2) is 54.6 Å². The molecule has 4 nitrogen and oxygen atoms in total. The first-order valence-corrected chi connectivity index (χ1v) is 8.59. The minimum Gasteiger partial charge on any atom is -0.491 e.